The van der Waals surface area contributed by atoms with E-state index in [1.807, 2.05) is 0 Å². The van der Waals surface area contributed by atoms with Crippen LogP contribution in [0.2, 0.25) is 0 Å². The maximum absolute atomic E-state index is 13.8. The van der Waals surface area contributed by atoms with E-state index in [2.05, 4.69) is 22.3 Å². The molecule has 1 aromatic carbocycles. The molecule has 0 spiro atoms. The average molecular weight is 274 g/mol. The van der Waals surface area contributed by atoms with Crippen molar-refractivity contribution in [3.8, 4) is 11.8 Å². The number of carbonyl (C=O) groups is 1. The van der Waals surface area contributed by atoms with Gasteiger partial charge >= 0.3 is 0 Å². The Hall–Kier alpha value is -2.65. The first-order valence-electron chi connectivity index (χ1n) is 5.74. The highest BCUT2D eigenvalue weighted by molar-refractivity contribution is 6.02. The number of nitrogens with one attached hydrogen (secondary N) is 1. The number of aromatic nitrogens is 1. The van der Waals surface area contributed by atoms with Crippen LogP contribution in [0.1, 0.15) is 21.8 Å². The maximum atomic E-state index is 13.8. The van der Waals surface area contributed by atoms with Crippen LogP contribution in [0, 0.1) is 24.6 Å². The second-order valence-corrected chi connectivity index (χ2v) is 3.94. The van der Waals surface area contributed by atoms with Crippen LogP contribution in [0.5, 0.6) is 0 Å². The van der Waals surface area contributed by atoms with Crippen molar-refractivity contribution in [2.45, 2.75) is 6.92 Å². The third-order valence-electron chi connectivity index (χ3n) is 2.38. The lowest BCUT2D eigenvalue weighted by atomic mass is 10.2. The summed E-state index contributed by atoms with van der Waals surface area (Å²) in [6.45, 7) is 1.38. The molecule has 0 saturated carbocycles. The highest BCUT2D eigenvalue weighted by atomic mass is 19.1. The van der Waals surface area contributed by atoms with E-state index >= 15 is 0 Å². The number of carbonyl (C=O) groups excluding carboxylic acids is 1. The largest absolute Gasteiger partial charge is 0.384 e. The predicted molar refractivity (Wildman–Crippen MR) is 69.6 cm³/mol. The first-order valence-corrected chi connectivity index (χ1v) is 5.74. The summed E-state index contributed by atoms with van der Waals surface area (Å²) in [5.74, 6) is 3.77. The molecule has 2 aromatic rings. The van der Waals surface area contributed by atoms with Crippen molar-refractivity contribution in [1.82, 2.24) is 5.16 Å². The van der Waals surface area contributed by atoms with Crippen LogP contribution in [0.25, 0.3) is 0 Å². The van der Waals surface area contributed by atoms with Gasteiger partial charge in [0.25, 0.3) is 5.91 Å². The Morgan fingerprint density at radius 1 is 1.50 bits per heavy atom. The summed E-state index contributed by atoms with van der Waals surface area (Å²) in [7, 11) is 0. The third kappa shape index (κ3) is 3.22. The Kier molecular flexibility index (Phi) is 4.13. The Bertz CT molecular complexity index is 698. The minimum Gasteiger partial charge on any atom is -0.384 e. The average Bonchev–Trinajstić information content (AvgIpc) is 2.86. The number of aryl methyl sites for hydroxylation is 1. The summed E-state index contributed by atoms with van der Waals surface area (Å²) in [5, 5.41) is 14.5. The van der Waals surface area contributed by atoms with Crippen molar-refractivity contribution in [3.63, 3.8) is 0 Å². The van der Waals surface area contributed by atoms with Gasteiger partial charge in [0.2, 0.25) is 5.76 Å². The monoisotopic (exact) mass is 274 g/mol. The Morgan fingerprint density at radius 3 is 2.90 bits per heavy atom. The molecule has 20 heavy (non-hydrogen) atoms. The number of aliphatic hydroxyl groups is 1. The molecule has 0 aliphatic heterocycles. The second-order valence-electron chi connectivity index (χ2n) is 3.94. The van der Waals surface area contributed by atoms with Crippen LogP contribution >= 0.6 is 0 Å². The van der Waals surface area contributed by atoms with Gasteiger partial charge in [-0.15, -0.1) is 0 Å². The summed E-state index contributed by atoms with van der Waals surface area (Å²) < 4.78 is 18.5. The van der Waals surface area contributed by atoms with Crippen molar-refractivity contribution < 1.29 is 18.8 Å². The number of hydrogen-bond acceptors (Lipinski definition) is 4. The molecule has 0 aliphatic carbocycles. The quantitative estimate of drug-likeness (QED) is 0.818. The first kappa shape index (κ1) is 13.8. The van der Waals surface area contributed by atoms with Crippen molar-refractivity contribution in [2.75, 3.05) is 11.9 Å². The van der Waals surface area contributed by atoms with E-state index in [1.54, 1.807) is 6.92 Å². The molecule has 1 amide bonds. The highest BCUT2D eigenvalue weighted by Gasteiger charge is 2.13. The molecule has 0 radical (unpaired) electrons. The van der Waals surface area contributed by atoms with E-state index in [0.717, 1.165) is 0 Å². The van der Waals surface area contributed by atoms with Gasteiger partial charge in [0.1, 0.15) is 12.4 Å². The Balaban J connectivity index is 2.16. The van der Waals surface area contributed by atoms with Crippen LogP contribution in [0.15, 0.2) is 28.8 Å². The van der Waals surface area contributed by atoms with Crippen LogP contribution in [-0.2, 0) is 0 Å². The molecule has 0 saturated heterocycles. The molecule has 1 aromatic heterocycles. The lowest BCUT2D eigenvalue weighted by Crippen LogP contribution is -2.12. The summed E-state index contributed by atoms with van der Waals surface area (Å²) in [5.41, 5.74) is 0.980. The zero-order chi connectivity index (χ0) is 14.5. The van der Waals surface area contributed by atoms with Gasteiger partial charge in [-0.05, 0) is 25.1 Å². The van der Waals surface area contributed by atoms with Gasteiger partial charge in [-0.2, -0.15) is 0 Å². The molecule has 0 fully saturated rings. The van der Waals surface area contributed by atoms with E-state index in [9.17, 15) is 9.18 Å². The fourth-order valence-electron chi connectivity index (χ4n) is 1.49. The molecule has 102 valence electrons. The highest BCUT2D eigenvalue weighted by Crippen LogP contribution is 2.16. The van der Waals surface area contributed by atoms with Gasteiger partial charge in [0.05, 0.1) is 11.4 Å². The summed E-state index contributed by atoms with van der Waals surface area (Å²) >= 11 is 0. The van der Waals surface area contributed by atoms with Gasteiger partial charge in [-0.1, -0.05) is 17.0 Å². The van der Waals surface area contributed by atoms with Gasteiger partial charge in [-0.3, -0.25) is 4.79 Å². The fourth-order valence-corrected chi connectivity index (χ4v) is 1.49. The minimum absolute atomic E-state index is 0.00560. The molecular formula is C14H11FN2O3. The maximum Gasteiger partial charge on any atom is 0.294 e. The SMILES string of the molecule is Cc1cc(C(=O)Nc2ccc(C#CCO)cc2F)on1. The van der Waals surface area contributed by atoms with Crippen molar-refractivity contribution in [1.29, 1.82) is 0 Å². The van der Waals surface area contributed by atoms with Gasteiger partial charge in [0, 0.05) is 11.6 Å². The molecule has 6 heteroatoms. The van der Waals surface area contributed by atoms with Crippen LogP contribution in [0.4, 0.5) is 10.1 Å². The fraction of sp³-hybridized carbons (Fsp3) is 0.143. The number of anilines is 1. The first-order chi connectivity index (χ1) is 9.60. The standard InChI is InChI=1S/C14H11FN2O3/c1-9-7-13(20-17-9)14(19)16-12-5-4-10(3-2-6-18)8-11(12)15/h4-5,7-8,18H,6H2,1H3,(H,16,19). The summed E-state index contributed by atoms with van der Waals surface area (Å²) in [6.07, 6.45) is 0. The van der Waals surface area contributed by atoms with Gasteiger partial charge in [0.15, 0.2) is 0 Å². The Labute approximate surface area is 114 Å². The number of halogens is 1. The normalized spacial score (nSPS) is 9.75. The van der Waals surface area contributed by atoms with E-state index in [0.29, 0.717) is 11.3 Å². The van der Waals surface area contributed by atoms with Gasteiger partial charge in [-0.25, -0.2) is 4.39 Å². The van der Waals surface area contributed by atoms with Crippen LogP contribution in [0.3, 0.4) is 0 Å². The van der Waals surface area contributed by atoms with E-state index in [-0.39, 0.29) is 18.1 Å². The number of amides is 1. The molecule has 5 nitrogen and oxygen atoms in total. The molecule has 0 atom stereocenters. The number of nitrogens with zero attached hydrogens (tertiary/aromatic N) is 1. The van der Waals surface area contributed by atoms with E-state index < -0.39 is 11.7 Å². The number of benzene rings is 1. The second kappa shape index (κ2) is 5.99. The topological polar surface area (TPSA) is 75.4 Å². The third-order valence-corrected chi connectivity index (χ3v) is 2.38. The van der Waals surface area contributed by atoms with Crippen LogP contribution < -0.4 is 5.32 Å². The number of rotatable bonds is 2. The number of hydrogen-bond donors (Lipinski definition) is 2. The van der Waals surface area contributed by atoms with Crippen molar-refractivity contribution in [3.05, 3.63) is 47.1 Å². The van der Waals surface area contributed by atoms with E-state index in [1.165, 1.54) is 24.3 Å². The molecular weight excluding hydrogens is 263 g/mol. The summed E-state index contributed by atoms with van der Waals surface area (Å²) in [6, 6.07) is 5.54. The molecule has 2 rings (SSSR count). The minimum atomic E-state index is -0.626. The predicted octanol–water partition coefficient (Wildman–Crippen LogP) is 1.72. The lowest BCUT2D eigenvalue weighted by Gasteiger charge is -2.04. The van der Waals surface area contributed by atoms with E-state index in [4.69, 9.17) is 9.63 Å². The van der Waals surface area contributed by atoms with Gasteiger partial charge < -0.3 is 14.9 Å². The van der Waals surface area contributed by atoms with Crippen molar-refractivity contribution in [2.24, 2.45) is 0 Å². The molecule has 1 heterocycles. The van der Waals surface area contributed by atoms with Crippen molar-refractivity contribution >= 4 is 11.6 Å². The smallest absolute Gasteiger partial charge is 0.294 e. The Morgan fingerprint density at radius 2 is 2.30 bits per heavy atom. The molecule has 0 aliphatic rings. The zero-order valence-corrected chi connectivity index (χ0v) is 10.6. The molecule has 2 N–H and O–H groups in total. The lowest BCUT2D eigenvalue weighted by molar-refractivity contribution is 0.0987. The molecule has 0 bridgehead atoms. The van der Waals surface area contributed by atoms with Crippen LogP contribution in [-0.4, -0.2) is 22.8 Å². The zero-order valence-electron chi connectivity index (χ0n) is 10.6. The summed E-state index contributed by atoms with van der Waals surface area (Å²) in [4.78, 5) is 11.8. The molecule has 0 unspecified atom stereocenters. The number of aliphatic hydroxyl groups excluding tert-OH is 1.